The van der Waals surface area contributed by atoms with Crippen LogP contribution >= 0.6 is 0 Å². The molecule has 1 amide bonds. The Labute approximate surface area is 119 Å². The van der Waals surface area contributed by atoms with Crippen LogP contribution in [0.2, 0.25) is 0 Å². The molecule has 0 aliphatic carbocycles. The number of carbonyl (C=O) groups excluding carboxylic acids is 1. The summed E-state index contributed by atoms with van der Waals surface area (Å²) in [6.45, 7) is 7.89. The van der Waals surface area contributed by atoms with Crippen molar-refractivity contribution in [1.29, 1.82) is 0 Å². The van der Waals surface area contributed by atoms with Crippen molar-refractivity contribution < 1.29 is 14.3 Å². The van der Waals surface area contributed by atoms with Crippen LogP contribution in [0.5, 0.6) is 5.75 Å². The smallest absolute Gasteiger partial charge is 0.246 e. The van der Waals surface area contributed by atoms with Crippen LogP contribution in [0.3, 0.4) is 0 Å². The van der Waals surface area contributed by atoms with Crippen molar-refractivity contribution in [1.82, 2.24) is 5.32 Å². The molecule has 1 heterocycles. The van der Waals surface area contributed by atoms with Gasteiger partial charge < -0.3 is 20.1 Å². The predicted octanol–water partition coefficient (Wildman–Crippen LogP) is 2.09. The fourth-order valence-corrected chi connectivity index (χ4v) is 2.27. The second-order valence-electron chi connectivity index (χ2n) is 4.82. The summed E-state index contributed by atoms with van der Waals surface area (Å²) in [5.74, 6) is 0.731. The summed E-state index contributed by atoms with van der Waals surface area (Å²) in [6, 6.07) is 5.44. The number of nitrogens with one attached hydrogen (secondary N) is 2. The van der Waals surface area contributed by atoms with E-state index in [0.29, 0.717) is 13.2 Å². The zero-order chi connectivity index (χ0) is 14.5. The van der Waals surface area contributed by atoms with E-state index < -0.39 is 0 Å². The minimum absolute atomic E-state index is 0.0126. The maximum atomic E-state index is 11.9. The highest BCUT2D eigenvalue weighted by molar-refractivity contribution is 6.02. The van der Waals surface area contributed by atoms with Gasteiger partial charge in [0, 0.05) is 23.9 Å². The molecule has 0 fully saturated rings. The predicted molar refractivity (Wildman–Crippen MR) is 78.1 cm³/mol. The van der Waals surface area contributed by atoms with Crippen LogP contribution in [0.1, 0.15) is 32.4 Å². The van der Waals surface area contributed by atoms with Crippen LogP contribution in [0.4, 0.5) is 5.69 Å². The molecule has 20 heavy (non-hydrogen) atoms. The summed E-state index contributed by atoms with van der Waals surface area (Å²) in [5.41, 5.74) is 1.80. The molecule has 0 saturated heterocycles. The molecule has 2 unspecified atom stereocenters. The summed E-state index contributed by atoms with van der Waals surface area (Å²) < 4.78 is 11.1. The first-order valence-corrected chi connectivity index (χ1v) is 7.08. The molecule has 0 bridgehead atoms. The van der Waals surface area contributed by atoms with Crippen molar-refractivity contribution in [3.8, 4) is 5.75 Å². The zero-order valence-electron chi connectivity index (χ0n) is 12.2. The Morgan fingerprint density at radius 2 is 2.20 bits per heavy atom. The second-order valence-corrected chi connectivity index (χ2v) is 4.82. The summed E-state index contributed by atoms with van der Waals surface area (Å²) >= 11 is 0. The molecule has 0 radical (unpaired) electrons. The lowest BCUT2D eigenvalue weighted by Crippen LogP contribution is -2.27. The van der Waals surface area contributed by atoms with Gasteiger partial charge in [0.25, 0.3) is 0 Å². The van der Waals surface area contributed by atoms with Gasteiger partial charge in [0.05, 0.1) is 6.61 Å². The molecule has 2 rings (SSSR count). The number of hydrogen-bond donors (Lipinski definition) is 2. The Hall–Kier alpha value is -1.59. The van der Waals surface area contributed by atoms with Gasteiger partial charge in [-0.1, -0.05) is 13.0 Å². The molecule has 5 heteroatoms. The highest BCUT2D eigenvalue weighted by atomic mass is 16.5. The minimum Gasteiger partial charge on any atom is -0.488 e. The summed E-state index contributed by atoms with van der Waals surface area (Å²) in [6.07, 6.45) is -0.0188. The molecule has 110 valence electrons. The quantitative estimate of drug-likeness (QED) is 0.802. The van der Waals surface area contributed by atoms with Crippen molar-refractivity contribution in [3.63, 3.8) is 0 Å². The Balaban J connectivity index is 2.06. The number of benzene rings is 1. The molecule has 0 aromatic heterocycles. The van der Waals surface area contributed by atoms with E-state index in [0.717, 1.165) is 23.5 Å². The van der Waals surface area contributed by atoms with Gasteiger partial charge in [0.2, 0.25) is 5.91 Å². The Morgan fingerprint density at radius 1 is 1.40 bits per heavy atom. The number of rotatable bonds is 7. The van der Waals surface area contributed by atoms with Crippen LogP contribution in [-0.2, 0) is 9.53 Å². The first kappa shape index (κ1) is 14.8. The Morgan fingerprint density at radius 3 is 2.90 bits per heavy atom. The Kier molecular flexibility index (Phi) is 4.98. The standard InChI is InChI=1S/C15H22N2O3/c1-4-16-14-12-7-6-11(8-13(12)17-15(14)18)20-10(3)9-19-5-2/h6-8,10,14,16H,4-5,9H2,1-3H3,(H,17,18). The van der Waals surface area contributed by atoms with Crippen LogP contribution in [0.15, 0.2) is 18.2 Å². The normalized spacial score (nSPS) is 18.6. The topological polar surface area (TPSA) is 59.6 Å². The van der Waals surface area contributed by atoms with Crippen molar-refractivity contribution >= 4 is 11.6 Å². The van der Waals surface area contributed by atoms with E-state index in [1.165, 1.54) is 0 Å². The van der Waals surface area contributed by atoms with Crippen molar-refractivity contribution in [2.45, 2.75) is 32.9 Å². The maximum Gasteiger partial charge on any atom is 0.246 e. The summed E-state index contributed by atoms with van der Waals surface area (Å²) in [4.78, 5) is 11.9. The van der Waals surface area contributed by atoms with Crippen LogP contribution < -0.4 is 15.4 Å². The van der Waals surface area contributed by atoms with Gasteiger partial charge in [-0.15, -0.1) is 0 Å². The molecule has 1 aromatic rings. The van der Waals surface area contributed by atoms with E-state index >= 15 is 0 Å². The van der Waals surface area contributed by atoms with Crippen LogP contribution in [0.25, 0.3) is 0 Å². The lowest BCUT2D eigenvalue weighted by molar-refractivity contribution is -0.117. The van der Waals surface area contributed by atoms with Crippen LogP contribution in [0, 0.1) is 0 Å². The molecule has 0 spiro atoms. The van der Waals surface area contributed by atoms with E-state index in [9.17, 15) is 4.79 Å². The Bertz CT molecular complexity index is 476. The molecular weight excluding hydrogens is 256 g/mol. The molecule has 1 aliphatic heterocycles. The number of hydrogen-bond acceptors (Lipinski definition) is 4. The molecule has 2 N–H and O–H groups in total. The van der Waals surface area contributed by atoms with Crippen molar-refractivity contribution in [2.75, 3.05) is 25.1 Å². The minimum atomic E-state index is -0.259. The maximum absolute atomic E-state index is 11.9. The fraction of sp³-hybridized carbons (Fsp3) is 0.533. The third-order valence-corrected chi connectivity index (χ3v) is 3.16. The molecule has 5 nitrogen and oxygen atoms in total. The number of amides is 1. The SMILES string of the molecule is CCNC1C(=O)Nc2cc(OC(C)COCC)ccc21. The van der Waals surface area contributed by atoms with E-state index in [1.54, 1.807) is 0 Å². The first-order valence-electron chi connectivity index (χ1n) is 7.08. The number of fused-ring (bicyclic) bond motifs is 1. The third kappa shape index (κ3) is 3.29. The number of ether oxygens (including phenoxy) is 2. The van der Waals surface area contributed by atoms with E-state index in [1.807, 2.05) is 39.0 Å². The van der Waals surface area contributed by atoms with Gasteiger partial charge in [0.1, 0.15) is 17.9 Å². The largest absolute Gasteiger partial charge is 0.488 e. The van der Waals surface area contributed by atoms with Crippen molar-refractivity contribution in [3.05, 3.63) is 23.8 Å². The van der Waals surface area contributed by atoms with Gasteiger partial charge in [-0.05, 0) is 26.5 Å². The first-order chi connectivity index (χ1) is 9.65. The third-order valence-electron chi connectivity index (χ3n) is 3.16. The van der Waals surface area contributed by atoms with E-state index in [2.05, 4.69) is 10.6 Å². The second kappa shape index (κ2) is 6.72. The number of likely N-dealkylation sites (N-methyl/N-ethyl adjacent to an activating group) is 1. The monoisotopic (exact) mass is 278 g/mol. The van der Waals surface area contributed by atoms with Gasteiger partial charge in [-0.2, -0.15) is 0 Å². The fourth-order valence-electron chi connectivity index (χ4n) is 2.27. The molecule has 1 aliphatic rings. The zero-order valence-corrected chi connectivity index (χ0v) is 12.2. The van der Waals surface area contributed by atoms with Gasteiger partial charge in [-0.25, -0.2) is 0 Å². The molecule has 0 saturated carbocycles. The molecular formula is C15H22N2O3. The molecule has 2 atom stereocenters. The van der Waals surface area contributed by atoms with Gasteiger partial charge in [0.15, 0.2) is 0 Å². The van der Waals surface area contributed by atoms with Crippen LogP contribution in [-0.4, -0.2) is 31.8 Å². The highest BCUT2D eigenvalue weighted by Gasteiger charge is 2.29. The number of anilines is 1. The highest BCUT2D eigenvalue weighted by Crippen LogP contribution is 2.33. The van der Waals surface area contributed by atoms with E-state index in [4.69, 9.17) is 9.47 Å². The van der Waals surface area contributed by atoms with Gasteiger partial charge >= 0.3 is 0 Å². The van der Waals surface area contributed by atoms with Gasteiger partial charge in [-0.3, -0.25) is 4.79 Å². The average Bonchev–Trinajstić information content (AvgIpc) is 2.73. The lowest BCUT2D eigenvalue weighted by Gasteiger charge is -2.15. The number of carbonyl (C=O) groups is 1. The lowest BCUT2D eigenvalue weighted by atomic mass is 10.1. The summed E-state index contributed by atoms with van der Waals surface area (Å²) in [7, 11) is 0. The van der Waals surface area contributed by atoms with E-state index in [-0.39, 0.29) is 18.1 Å². The summed E-state index contributed by atoms with van der Waals surface area (Å²) in [5, 5.41) is 6.04. The average molecular weight is 278 g/mol. The molecule has 1 aromatic carbocycles. The van der Waals surface area contributed by atoms with Crippen molar-refractivity contribution in [2.24, 2.45) is 0 Å².